The minimum atomic E-state index is -0.355. The largest absolute Gasteiger partial charge is 0.468 e. The molecular formula is C17H20N2O3S. The van der Waals surface area contributed by atoms with Gasteiger partial charge in [-0.25, -0.2) is 0 Å². The number of thiophene rings is 1. The van der Waals surface area contributed by atoms with Gasteiger partial charge in [0.2, 0.25) is 5.91 Å². The lowest BCUT2D eigenvalue weighted by Gasteiger charge is -2.20. The van der Waals surface area contributed by atoms with Gasteiger partial charge >= 0.3 is 5.97 Å². The van der Waals surface area contributed by atoms with E-state index in [1.807, 2.05) is 47.8 Å². The molecule has 0 fully saturated rings. The topological polar surface area (TPSA) is 58.6 Å². The molecule has 0 aliphatic carbocycles. The van der Waals surface area contributed by atoms with E-state index in [2.05, 4.69) is 5.32 Å². The number of nitrogens with one attached hydrogen (secondary N) is 1. The molecule has 0 radical (unpaired) electrons. The maximum absolute atomic E-state index is 12.1. The first-order valence-electron chi connectivity index (χ1n) is 7.29. The Morgan fingerprint density at radius 2 is 1.91 bits per heavy atom. The lowest BCUT2D eigenvalue weighted by Crippen LogP contribution is -2.39. The zero-order valence-electron chi connectivity index (χ0n) is 13.0. The Labute approximate surface area is 139 Å². The van der Waals surface area contributed by atoms with Crippen LogP contribution in [0.5, 0.6) is 0 Å². The molecule has 1 amide bonds. The van der Waals surface area contributed by atoms with Gasteiger partial charge in [-0.2, -0.15) is 0 Å². The number of amides is 1. The van der Waals surface area contributed by atoms with E-state index >= 15 is 0 Å². The first-order valence-corrected chi connectivity index (χ1v) is 8.17. The van der Waals surface area contributed by atoms with Gasteiger partial charge in [0.1, 0.15) is 0 Å². The van der Waals surface area contributed by atoms with Crippen molar-refractivity contribution in [1.82, 2.24) is 10.2 Å². The van der Waals surface area contributed by atoms with Crippen LogP contribution in [0.25, 0.3) is 0 Å². The number of hydrogen-bond donors (Lipinski definition) is 1. The molecule has 0 atom stereocenters. The Morgan fingerprint density at radius 3 is 2.57 bits per heavy atom. The average molecular weight is 332 g/mol. The van der Waals surface area contributed by atoms with Gasteiger partial charge in [-0.05, 0) is 17.0 Å². The maximum atomic E-state index is 12.1. The van der Waals surface area contributed by atoms with Crippen molar-refractivity contribution in [2.24, 2.45) is 0 Å². The highest BCUT2D eigenvalue weighted by molar-refractivity contribution is 7.09. The Balaban J connectivity index is 1.90. The van der Waals surface area contributed by atoms with Crippen LogP contribution >= 0.6 is 11.3 Å². The Hall–Kier alpha value is -2.18. The number of hydrogen-bond acceptors (Lipinski definition) is 5. The van der Waals surface area contributed by atoms with Crippen molar-refractivity contribution >= 4 is 23.2 Å². The van der Waals surface area contributed by atoms with Crippen LogP contribution < -0.4 is 5.32 Å². The van der Waals surface area contributed by atoms with Crippen molar-refractivity contribution in [2.45, 2.75) is 13.1 Å². The molecule has 23 heavy (non-hydrogen) atoms. The summed E-state index contributed by atoms with van der Waals surface area (Å²) in [5, 5.41) is 4.84. The molecule has 0 aliphatic heterocycles. The normalized spacial score (nSPS) is 10.5. The number of methoxy groups -OCH3 is 1. The van der Waals surface area contributed by atoms with Crippen LogP contribution in [-0.2, 0) is 27.4 Å². The monoisotopic (exact) mass is 332 g/mol. The summed E-state index contributed by atoms with van der Waals surface area (Å²) in [6.07, 6.45) is 0. The van der Waals surface area contributed by atoms with Crippen LogP contribution in [0, 0.1) is 0 Å². The minimum absolute atomic E-state index is 0.0812. The summed E-state index contributed by atoms with van der Waals surface area (Å²) < 4.78 is 4.71. The second-order valence-electron chi connectivity index (χ2n) is 5.06. The molecule has 1 aromatic heterocycles. The molecule has 0 aliphatic rings. The summed E-state index contributed by atoms with van der Waals surface area (Å²) >= 11 is 1.60. The van der Waals surface area contributed by atoms with Crippen molar-refractivity contribution in [3.05, 3.63) is 58.3 Å². The highest BCUT2D eigenvalue weighted by atomic mass is 32.1. The van der Waals surface area contributed by atoms with Crippen molar-refractivity contribution in [2.75, 3.05) is 20.2 Å². The summed E-state index contributed by atoms with van der Waals surface area (Å²) in [5.41, 5.74) is 1.04. The Bertz CT molecular complexity index is 614. The number of ether oxygens (including phenoxy) is 1. The summed E-state index contributed by atoms with van der Waals surface area (Å²) in [6, 6.07) is 13.7. The van der Waals surface area contributed by atoms with Crippen LogP contribution in [-0.4, -0.2) is 37.0 Å². The van der Waals surface area contributed by atoms with E-state index < -0.39 is 0 Å². The number of esters is 1. The van der Waals surface area contributed by atoms with Gasteiger partial charge in [-0.3, -0.25) is 14.5 Å². The third-order valence-corrected chi connectivity index (χ3v) is 4.11. The molecule has 5 nitrogen and oxygen atoms in total. The second kappa shape index (κ2) is 9.07. The minimum Gasteiger partial charge on any atom is -0.468 e. The van der Waals surface area contributed by atoms with Gasteiger partial charge < -0.3 is 10.1 Å². The molecule has 0 unspecified atom stereocenters. The van der Waals surface area contributed by atoms with Crippen LogP contribution in [0.4, 0.5) is 0 Å². The standard InChI is InChI=1S/C17H20N2O3S/c1-22-17(21)13-19(11-14-6-3-2-4-7-14)12-16(20)18-10-15-8-5-9-23-15/h2-9H,10-13H2,1H3,(H,18,20). The van der Waals surface area contributed by atoms with Crippen molar-refractivity contribution in [1.29, 1.82) is 0 Å². The van der Waals surface area contributed by atoms with Crippen LogP contribution in [0.3, 0.4) is 0 Å². The van der Waals surface area contributed by atoms with E-state index in [4.69, 9.17) is 4.74 Å². The van der Waals surface area contributed by atoms with Gasteiger partial charge in [0.25, 0.3) is 0 Å². The molecule has 2 rings (SSSR count). The molecule has 6 heteroatoms. The SMILES string of the molecule is COC(=O)CN(CC(=O)NCc1cccs1)Cc1ccccc1. The first kappa shape index (κ1) is 17.2. The summed E-state index contributed by atoms with van der Waals surface area (Å²) in [6.45, 7) is 1.25. The van der Waals surface area contributed by atoms with Gasteiger partial charge in [0.15, 0.2) is 0 Å². The smallest absolute Gasteiger partial charge is 0.319 e. The number of rotatable bonds is 8. The summed E-state index contributed by atoms with van der Waals surface area (Å²) in [4.78, 5) is 26.5. The van der Waals surface area contributed by atoms with E-state index in [1.54, 1.807) is 16.2 Å². The zero-order valence-corrected chi connectivity index (χ0v) is 13.8. The maximum Gasteiger partial charge on any atom is 0.319 e. The molecule has 0 saturated heterocycles. The van der Waals surface area contributed by atoms with Crippen LogP contribution in [0.2, 0.25) is 0 Å². The summed E-state index contributed by atoms with van der Waals surface area (Å²) in [7, 11) is 1.35. The van der Waals surface area contributed by atoms with E-state index in [-0.39, 0.29) is 25.0 Å². The van der Waals surface area contributed by atoms with E-state index in [0.29, 0.717) is 13.1 Å². The van der Waals surface area contributed by atoms with Crippen molar-refractivity contribution < 1.29 is 14.3 Å². The molecule has 0 bridgehead atoms. The quantitative estimate of drug-likeness (QED) is 0.752. The van der Waals surface area contributed by atoms with Crippen LogP contribution in [0.1, 0.15) is 10.4 Å². The predicted molar refractivity (Wildman–Crippen MR) is 89.9 cm³/mol. The molecular weight excluding hydrogens is 312 g/mol. The van der Waals surface area contributed by atoms with Crippen molar-refractivity contribution in [3.63, 3.8) is 0 Å². The molecule has 1 aromatic carbocycles. The van der Waals surface area contributed by atoms with E-state index in [9.17, 15) is 9.59 Å². The number of nitrogens with zero attached hydrogens (tertiary/aromatic N) is 1. The Kier molecular flexibility index (Phi) is 6.77. The fourth-order valence-corrected chi connectivity index (χ4v) is 2.76. The predicted octanol–water partition coefficient (Wildman–Crippen LogP) is 2.04. The molecule has 2 aromatic rings. The lowest BCUT2D eigenvalue weighted by molar-refractivity contribution is -0.142. The second-order valence-corrected chi connectivity index (χ2v) is 6.10. The summed E-state index contributed by atoms with van der Waals surface area (Å²) in [5.74, 6) is -0.467. The fraction of sp³-hybridized carbons (Fsp3) is 0.294. The van der Waals surface area contributed by atoms with Crippen LogP contribution in [0.15, 0.2) is 47.8 Å². The molecule has 1 heterocycles. The van der Waals surface area contributed by atoms with Crippen molar-refractivity contribution in [3.8, 4) is 0 Å². The lowest BCUT2D eigenvalue weighted by atomic mass is 10.2. The van der Waals surface area contributed by atoms with E-state index in [0.717, 1.165) is 10.4 Å². The number of benzene rings is 1. The fourth-order valence-electron chi connectivity index (χ4n) is 2.11. The number of carbonyl (C=O) groups is 2. The van der Waals surface area contributed by atoms with Gasteiger partial charge in [0, 0.05) is 11.4 Å². The average Bonchev–Trinajstić information content (AvgIpc) is 3.07. The molecule has 0 saturated carbocycles. The molecule has 122 valence electrons. The Morgan fingerprint density at radius 1 is 1.13 bits per heavy atom. The highest BCUT2D eigenvalue weighted by Gasteiger charge is 2.15. The highest BCUT2D eigenvalue weighted by Crippen LogP contribution is 2.08. The van der Waals surface area contributed by atoms with Gasteiger partial charge in [0.05, 0.1) is 26.7 Å². The van der Waals surface area contributed by atoms with Gasteiger partial charge in [-0.15, -0.1) is 11.3 Å². The van der Waals surface area contributed by atoms with E-state index in [1.165, 1.54) is 7.11 Å². The van der Waals surface area contributed by atoms with Gasteiger partial charge in [-0.1, -0.05) is 36.4 Å². The molecule has 0 spiro atoms. The third-order valence-electron chi connectivity index (χ3n) is 3.24. The molecule has 1 N–H and O–H groups in total. The zero-order chi connectivity index (χ0) is 16.5. The number of carbonyl (C=O) groups excluding carboxylic acids is 2. The third kappa shape index (κ3) is 6.22. The first-order chi connectivity index (χ1) is 11.2.